The number of nitrogen functional groups attached to an aromatic ring is 1. The van der Waals surface area contributed by atoms with E-state index in [4.69, 9.17) is 5.73 Å². The monoisotopic (exact) mass is 277 g/mol. The molecule has 0 aliphatic heterocycles. The van der Waals surface area contributed by atoms with E-state index in [1.807, 2.05) is 24.3 Å². The van der Waals surface area contributed by atoms with Crippen LogP contribution in [0.5, 0.6) is 0 Å². The van der Waals surface area contributed by atoms with Gasteiger partial charge in [-0.15, -0.1) is 0 Å². The summed E-state index contributed by atoms with van der Waals surface area (Å²) < 4.78 is 0. The van der Waals surface area contributed by atoms with Crippen LogP contribution in [-0.2, 0) is 11.3 Å². The molecule has 0 saturated heterocycles. The number of amides is 1. The highest BCUT2D eigenvalue weighted by Gasteiger charge is 2.10. The molecule has 0 spiro atoms. The van der Waals surface area contributed by atoms with Crippen LogP contribution in [0.1, 0.15) is 32.8 Å². The van der Waals surface area contributed by atoms with Gasteiger partial charge in [0.25, 0.3) is 0 Å². The molecule has 0 atom stereocenters. The molecule has 1 amide bonds. The maximum atomic E-state index is 11.9. The van der Waals surface area contributed by atoms with Crippen molar-refractivity contribution in [1.82, 2.24) is 10.2 Å². The molecule has 1 aromatic rings. The van der Waals surface area contributed by atoms with E-state index in [-0.39, 0.29) is 5.91 Å². The summed E-state index contributed by atoms with van der Waals surface area (Å²) in [6.07, 6.45) is 1.02. The lowest BCUT2D eigenvalue weighted by atomic mass is 10.1. The highest BCUT2D eigenvalue weighted by atomic mass is 16.2. The van der Waals surface area contributed by atoms with Gasteiger partial charge in [0.15, 0.2) is 0 Å². The lowest BCUT2D eigenvalue weighted by Crippen LogP contribution is -2.37. The molecule has 0 unspecified atom stereocenters. The van der Waals surface area contributed by atoms with E-state index in [0.29, 0.717) is 19.0 Å². The predicted molar refractivity (Wildman–Crippen MR) is 84.3 cm³/mol. The third-order valence-corrected chi connectivity index (χ3v) is 3.31. The minimum atomic E-state index is 0.0852. The van der Waals surface area contributed by atoms with Crippen molar-refractivity contribution >= 4 is 11.6 Å². The molecule has 20 heavy (non-hydrogen) atoms. The van der Waals surface area contributed by atoms with Crippen LogP contribution in [0.15, 0.2) is 24.3 Å². The third kappa shape index (κ3) is 6.06. The molecule has 0 fully saturated rings. The quantitative estimate of drug-likeness (QED) is 0.717. The second-order valence-electron chi connectivity index (χ2n) is 5.53. The molecule has 0 aromatic heterocycles. The molecule has 0 bridgehead atoms. The summed E-state index contributed by atoms with van der Waals surface area (Å²) in [6.45, 7) is 9.07. The van der Waals surface area contributed by atoms with Crippen LogP contribution in [0.4, 0.5) is 5.69 Å². The van der Waals surface area contributed by atoms with Crippen LogP contribution < -0.4 is 11.1 Å². The molecule has 1 rings (SSSR count). The minimum absolute atomic E-state index is 0.0852. The van der Waals surface area contributed by atoms with E-state index in [1.165, 1.54) is 0 Å². The van der Waals surface area contributed by atoms with Crippen molar-refractivity contribution in [2.45, 2.75) is 33.7 Å². The summed E-state index contributed by atoms with van der Waals surface area (Å²) in [5.74, 6) is 0.698. The number of carbonyl (C=O) groups is 1. The Hall–Kier alpha value is -1.55. The van der Waals surface area contributed by atoms with Gasteiger partial charge in [-0.2, -0.15) is 0 Å². The highest BCUT2D eigenvalue weighted by molar-refractivity contribution is 5.78. The fourth-order valence-corrected chi connectivity index (χ4v) is 1.96. The van der Waals surface area contributed by atoms with Crippen molar-refractivity contribution in [3.05, 3.63) is 29.8 Å². The fourth-order valence-electron chi connectivity index (χ4n) is 1.96. The van der Waals surface area contributed by atoms with Crippen molar-refractivity contribution in [3.63, 3.8) is 0 Å². The predicted octanol–water partition coefficient (Wildman–Crippen LogP) is 2.25. The molecule has 112 valence electrons. The Balaban J connectivity index is 2.43. The number of hydrogen-bond donors (Lipinski definition) is 2. The molecule has 0 aliphatic rings. The Morgan fingerprint density at radius 3 is 2.65 bits per heavy atom. The first-order valence-corrected chi connectivity index (χ1v) is 7.35. The normalized spacial score (nSPS) is 11.1. The number of nitrogens with one attached hydrogen (secondary N) is 1. The molecular weight excluding hydrogens is 250 g/mol. The number of para-hydroxylation sites is 1. The number of nitrogens with two attached hydrogens (primary N) is 1. The number of rotatable bonds is 8. The van der Waals surface area contributed by atoms with Crippen LogP contribution >= 0.6 is 0 Å². The molecule has 4 nitrogen and oxygen atoms in total. The Morgan fingerprint density at radius 1 is 1.35 bits per heavy atom. The largest absolute Gasteiger partial charge is 0.398 e. The SMILES string of the molecule is CCN(CC(=O)NCCC(C)C)Cc1ccccc1N. The minimum Gasteiger partial charge on any atom is -0.398 e. The maximum absolute atomic E-state index is 11.9. The number of benzene rings is 1. The van der Waals surface area contributed by atoms with Gasteiger partial charge in [0.05, 0.1) is 6.54 Å². The van der Waals surface area contributed by atoms with E-state index in [0.717, 1.165) is 30.8 Å². The maximum Gasteiger partial charge on any atom is 0.234 e. The molecule has 0 aliphatic carbocycles. The summed E-state index contributed by atoms with van der Waals surface area (Å²) in [5.41, 5.74) is 7.80. The third-order valence-electron chi connectivity index (χ3n) is 3.31. The van der Waals surface area contributed by atoms with Crippen molar-refractivity contribution < 1.29 is 4.79 Å². The van der Waals surface area contributed by atoms with Gasteiger partial charge in [-0.25, -0.2) is 0 Å². The van der Waals surface area contributed by atoms with Gasteiger partial charge in [0.2, 0.25) is 5.91 Å². The van der Waals surface area contributed by atoms with Crippen LogP contribution in [0.3, 0.4) is 0 Å². The standard InChI is InChI=1S/C16H27N3O/c1-4-19(11-14-7-5-6-8-15(14)17)12-16(20)18-10-9-13(2)3/h5-8,13H,4,9-12,17H2,1-3H3,(H,18,20). The number of anilines is 1. The van der Waals surface area contributed by atoms with E-state index in [2.05, 4.69) is 31.0 Å². The van der Waals surface area contributed by atoms with Crippen LogP contribution in [0.2, 0.25) is 0 Å². The first kappa shape index (κ1) is 16.5. The molecule has 4 heteroatoms. The van der Waals surface area contributed by atoms with Gasteiger partial charge in [-0.3, -0.25) is 9.69 Å². The summed E-state index contributed by atoms with van der Waals surface area (Å²) in [6, 6.07) is 7.80. The topological polar surface area (TPSA) is 58.4 Å². The van der Waals surface area contributed by atoms with Crippen molar-refractivity contribution in [1.29, 1.82) is 0 Å². The molecular formula is C16H27N3O. The van der Waals surface area contributed by atoms with Gasteiger partial charge in [-0.1, -0.05) is 39.0 Å². The van der Waals surface area contributed by atoms with E-state index in [9.17, 15) is 4.79 Å². The summed E-state index contributed by atoms with van der Waals surface area (Å²) in [5, 5.41) is 2.97. The second-order valence-corrected chi connectivity index (χ2v) is 5.53. The average Bonchev–Trinajstić information content (AvgIpc) is 2.40. The second kappa shape index (κ2) is 8.59. The van der Waals surface area contributed by atoms with E-state index < -0.39 is 0 Å². The summed E-state index contributed by atoms with van der Waals surface area (Å²) >= 11 is 0. The van der Waals surface area contributed by atoms with E-state index >= 15 is 0 Å². The Bertz CT molecular complexity index is 418. The lowest BCUT2D eigenvalue weighted by molar-refractivity contribution is -0.122. The van der Waals surface area contributed by atoms with Crippen molar-refractivity contribution in [2.75, 3.05) is 25.4 Å². The molecule has 0 radical (unpaired) electrons. The molecule has 0 saturated carbocycles. The lowest BCUT2D eigenvalue weighted by Gasteiger charge is -2.21. The fraction of sp³-hybridized carbons (Fsp3) is 0.562. The summed E-state index contributed by atoms with van der Waals surface area (Å²) in [7, 11) is 0. The summed E-state index contributed by atoms with van der Waals surface area (Å²) in [4.78, 5) is 14.0. The first-order valence-electron chi connectivity index (χ1n) is 7.35. The van der Waals surface area contributed by atoms with Gasteiger partial charge >= 0.3 is 0 Å². The average molecular weight is 277 g/mol. The Labute approximate surface area is 122 Å². The van der Waals surface area contributed by atoms with Crippen LogP contribution in [0, 0.1) is 5.92 Å². The highest BCUT2D eigenvalue weighted by Crippen LogP contribution is 2.13. The van der Waals surface area contributed by atoms with Crippen LogP contribution in [0.25, 0.3) is 0 Å². The number of hydrogen-bond acceptors (Lipinski definition) is 3. The molecule has 0 heterocycles. The molecule has 1 aromatic carbocycles. The van der Waals surface area contributed by atoms with Gasteiger partial charge in [0, 0.05) is 18.8 Å². The van der Waals surface area contributed by atoms with Crippen LogP contribution in [-0.4, -0.2) is 30.4 Å². The van der Waals surface area contributed by atoms with Gasteiger partial charge < -0.3 is 11.1 Å². The number of carbonyl (C=O) groups excluding carboxylic acids is 1. The number of nitrogens with zero attached hydrogens (tertiary/aromatic N) is 1. The Morgan fingerprint density at radius 2 is 2.05 bits per heavy atom. The Kier molecular flexibility index (Phi) is 7.09. The zero-order valence-electron chi connectivity index (χ0n) is 12.9. The van der Waals surface area contributed by atoms with E-state index in [1.54, 1.807) is 0 Å². The number of likely N-dealkylation sites (N-methyl/N-ethyl adjacent to an activating group) is 1. The molecule has 3 N–H and O–H groups in total. The van der Waals surface area contributed by atoms with Crippen molar-refractivity contribution in [3.8, 4) is 0 Å². The zero-order valence-corrected chi connectivity index (χ0v) is 12.9. The van der Waals surface area contributed by atoms with Gasteiger partial charge in [-0.05, 0) is 30.5 Å². The van der Waals surface area contributed by atoms with Crippen molar-refractivity contribution in [2.24, 2.45) is 5.92 Å². The zero-order chi connectivity index (χ0) is 15.0. The first-order chi connectivity index (χ1) is 9.52. The van der Waals surface area contributed by atoms with Gasteiger partial charge in [0.1, 0.15) is 0 Å². The smallest absolute Gasteiger partial charge is 0.234 e.